The van der Waals surface area contributed by atoms with Crippen molar-refractivity contribution in [2.75, 3.05) is 11.5 Å². The minimum absolute atomic E-state index is 0.281. The van der Waals surface area contributed by atoms with E-state index < -0.39 is 0 Å². The van der Waals surface area contributed by atoms with Gasteiger partial charge in [0.15, 0.2) is 0 Å². The molecule has 0 amide bonds. The lowest BCUT2D eigenvalue weighted by atomic mass is 10.1. The summed E-state index contributed by atoms with van der Waals surface area (Å²) in [4.78, 5) is 14.2. The van der Waals surface area contributed by atoms with Crippen LogP contribution in [0.1, 0.15) is 28.4 Å². The standard InChI is InChI=1S/C23H23NO2/c1-2-26-23(25)21-13-15-22(16-14-21)24(17-19-9-5-3-6-10-19)18-20-11-7-4-8-12-20/h3-16H,2,17-18H2,1H3. The van der Waals surface area contributed by atoms with E-state index in [2.05, 4.69) is 53.4 Å². The molecule has 0 unspecified atom stereocenters. The third-order valence-electron chi connectivity index (χ3n) is 4.18. The average Bonchev–Trinajstić information content (AvgIpc) is 2.69. The predicted octanol–water partition coefficient (Wildman–Crippen LogP) is 5.07. The summed E-state index contributed by atoms with van der Waals surface area (Å²) >= 11 is 0. The third kappa shape index (κ3) is 4.73. The van der Waals surface area contributed by atoms with Crippen molar-refractivity contribution in [2.45, 2.75) is 20.0 Å². The summed E-state index contributed by atoms with van der Waals surface area (Å²) in [5.41, 5.74) is 4.15. The van der Waals surface area contributed by atoms with Gasteiger partial charge in [0.2, 0.25) is 0 Å². The molecular formula is C23H23NO2. The molecule has 0 N–H and O–H groups in total. The Bertz CT molecular complexity index is 772. The van der Waals surface area contributed by atoms with Crippen molar-refractivity contribution in [1.29, 1.82) is 0 Å². The first kappa shape index (κ1) is 17.7. The van der Waals surface area contributed by atoms with E-state index in [-0.39, 0.29) is 5.97 Å². The Hall–Kier alpha value is -3.07. The first-order chi connectivity index (χ1) is 12.8. The minimum Gasteiger partial charge on any atom is -0.462 e. The molecule has 26 heavy (non-hydrogen) atoms. The second kappa shape index (κ2) is 8.86. The van der Waals surface area contributed by atoms with Crippen LogP contribution in [0.15, 0.2) is 84.9 Å². The third-order valence-corrected chi connectivity index (χ3v) is 4.18. The van der Waals surface area contributed by atoms with Crippen LogP contribution in [0.25, 0.3) is 0 Å². The number of hydrogen-bond donors (Lipinski definition) is 0. The minimum atomic E-state index is -0.281. The number of esters is 1. The van der Waals surface area contributed by atoms with Gasteiger partial charge >= 0.3 is 5.97 Å². The number of carbonyl (C=O) groups excluding carboxylic acids is 1. The highest BCUT2D eigenvalue weighted by Crippen LogP contribution is 2.21. The first-order valence-electron chi connectivity index (χ1n) is 8.86. The van der Waals surface area contributed by atoms with Crippen molar-refractivity contribution in [1.82, 2.24) is 0 Å². The Labute approximate surface area is 154 Å². The number of ether oxygens (including phenoxy) is 1. The van der Waals surface area contributed by atoms with Crippen LogP contribution in [0, 0.1) is 0 Å². The van der Waals surface area contributed by atoms with E-state index in [1.807, 2.05) is 43.3 Å². The normalized spacial score (nSPS) is 10.3. The fourth-order valence-corrected chi connectivity index (χ4v) is 2.87. The molecule has 0 fully saturated rings. The Kier molecular flexibility index (Phi) is 6.05. The molecule has 3 nitrogen and oxygen atoms in total. The maximum absolute atomic E-state index is 11.9. The van der Waals surface area contributed by atoms with Crippen molar-refractivity contribution in [3.63, 3.8) is 0 Å². The molecule has 3 aromatic rings. The molecule has 0 bridgehead atoms. The molecule has 3 heteroatoms. The van der Waals surface area contributed by atoms with E-state index >= 15 is 0 Å². The summed E-state index contributed by atoms with van der Waals surface area (Å²) in [7, 11) is 0. The zero-order valence-corrected chi connectivity index (χ0v) is 15.0. The van der Waals surface area contributed by atoms with Crippen LogP contribution in [-0.2, 0) is 17.8 Å². The van der Waals surface area contributed by atoms with E-state index in [0.29, 0.717) is 12.2 Å². The fraction of sp³-hybridized carbons (Fsp3) is 0.174. The molecular weight excluding hydrogens is 322 g/mol. The Morgan fingerprint density at radius 1 is 0.769 bits per heavy atom. The fourth-order valence-electron chi connectivity index (χ4n) is 2.87. The second-order valence-electron chi connectivity index (χ2n) is 6.09. The van der Waals surface area contributed by atoms with E-state index in [1.165, 1.54) is 11.1 Å². The maximum Gasteiger partial charge on any atom is 0.338 e. The summed E-state index contributed by atoms with van der Waals surface area (Å²) in [5.74, 6) is -0.281. The van der Waals surface area contributed by atoms with Crippen molar-refractivity contribution < 1.29 is 9.53 Å². The molecule has 3 aromatic carbocycles. The van der Waals surface area contributed by atoms with Crippen molar-refractivity contribution in [3.05, 3.63) is 102 Å². The molecule has 3 rings (SSSR count). The van der Waals surface area contributed by atoms with Gasteiger partial charge in [-0.2, -0.15) is 0 Å². The van der Waals surface area contributed by atoms with Gasteiger partial charge in [-0.05, 0) is 42.3 Å². The maximum atomic E-state index is 11.9. The summed E-state index contributed by atoms with van der Waals surface area (Å²) in [6.45, 7) is 3.80. The molecule has 0 aliphatic rings. The average molecular weight is 345 g/mol. The second-order valence-corrected chi connectivity index (χ2v) is 6.09. The van der Waals surface area contributed by atoms with Gasteiger partial charge in [-0.15, -0.1) is 0 Å². The zero-order chi connectivity index (χ0) is 18.2. The van der Waals surface area contributed by atoms with Crippen LogP contribution in [0.4, 0.5) is 5.69 Å². The van der Waals surface area contributed by atoms with E-state index in [4.69, 9.17) is 4.74 Å². The lowest BCUT2D eigenvalue weighted by Gasteiger charge is -2.25. The quantitative estimate of drug-likeness (QED) is 0.560. The van der Waals surface area contributed by atoms with Gasteiger partial charge < -0.3 is 9.64 Å². The van der Waals surface area contributed by atoms with Gasteiger partial charge in [-0.3, -0.25) is 0 Å². The van der Waals surface area contributed by atoms with Crippen molar-refractivity contribution >= 4 is 11.7 Å². The van der Waals surface area contributed by atoms with Crippen molar-refractivity contribution in [3.8, 4) is 0 Å². The summed E-state index contributed by atoms with van der Waals surface area (Å²) < 4.78 is 5.07. The lowest BCUT2D eigenvalue weighted by molar-refractivity contribution is 0.0526. The molecule has 132 valence electrons. The van der Waals surface area contributed by atoms with Crippen LogP contribution in [0.3, 0.4) is 0 Å². The first-order valence-corrected chi connectivity index (χ1v) is 8.86. The van der Waals surface area contributed by atoms with Gasteiger partial charge in [-0.25, -0.2) is 4.79 Å². The molecule has 0 spiro atoms. The number of hydrogen-bond acceptors (Lipinski definition) is 3. The SMILES string of the molecule is CCOC(=O)c1ccc(N(Cc2ccccc2)Cc2ccccc2)cc1. The summed E-state index contributed by atoms with van der Waals surface area (Å²) in [6, 6.07) is 28.4. The Balaban J connectivity index is 1.83. The molecule has 0 radical (unpaired) electrons. The van der Waals surface area contributed by atoms with E-state index in [9.17, 15) is 4.79 Å². The van der Waals surface area contributed by atoms with Crippen LogP contribution in [0.5, 0.6) is 0 Å². The van der Waals surface area contributed by atoms with Crippen molar-refractivity contribution in [2.24, 2.45) is 0 Å². The van der Waals surface area contributed by atoms with E-state index in [1.54, 1.807) is 0 Å². The summed E-state index contributed by atoms with van der Waals surface area (Å²) in [6.07, 6.45) is 0. The van der Waals surface area contributed by atoms with Crippen LogP contribution in [-0.4, -0.2) is 12.6 Å². The molecule has 0 saturated carbocycles. The highest BCUT2D eigenvalue weighted by Gasteiger charge is 2.11. The van der Waals surface area contributed by atoms with Gasteiger partial charge in [0, 0.05) is 18.8 Å². The smallest absolute Gasteiger partial charge is 0.338 e. The van der Waals surface area contributed by atoms with Crippen LogP contribution < -0.4 is 4.90 Å². The molecule has 0 atom stereocenters. The van der Waals surface area contributed by atoms with Gasteiger partial charge in [-0.1, -0.05) is 60.7 Å². The van der Waals surface area contributed by atoms with Gasteiger partial charge in [0.1, 0.15) is 0 Å². The number of anilines is 1. The molecule has 0 saturated heterocycles. The van der Waals surface area contributed by atoms with Crippen LogP contribution in [0.2, 0.25) is 0 Å². The number of nitrogens with zero attached hydrogens (tertiary/aromatic N) is 1. The highest BCUT2D eigenvalue weighted by molar-refractivity contribution is 5.89. The topological polar surface area (TPSA) is 29.5 Å². The monoisotopic (exact) mass is 345 g/mol. The lowest BCUT2D eigenvalue weighted by Crippen LogP contribution is -2.22. The van der Waals surface area contributed by atoms with Gasteiger partial charge in [0.25, 0.3) is 0 Å². The molecule has 0 aliphatic carbocycles. The number of benzene rings is 3. The molecule has 0 aliphatic heterocycles. The van der Waals surface area contributed by atoms with E-state index in [0.717, 1.165) is 18.8 Å². The number of carbonyl (C=O) groups is 1. The Morgan fingerprint density at radius 3 is 1.73 bits per heavy atom. The molecule has 0 heterocycles. The zero-order valence-electron chi connectivity index (χ0n) is 15.0. The molecule has 0 aromatic heterocycles. The summed E-state index contributed by atoms with van der Waals surface area (Å²) in [5, 5.41) is 0. The predicted molar refractivity (Wildman–Crippen MR) is 105 cm³/mol. The van der Waals surface area contributed by atoms with Gasteiger partial charge in [0.05, 0.1) is 12.2 Å². The largest absolute Gasteiger partial charge is 0.462 e. The number of rotatable bonds is 7. The van der Waals surface area contributed by atoms with Crippen LogP contribution >= 0.6 is 0 Å². The highest BCUT2D eigenvalue weighted by atomic mass is 16.5. The Morgan fingerprint density at radius 2 is 1.27 bits per heavy atom.